The standard InChI is InChI=1S/C14H14FNO2/c1-2-8-16(9-14(17)18)13-7-6-10-11(13)4-3-5-12(10)15/h1,3-5,13H,6-9H2,(H,17,18). The summed E-state index contributed by atoms with van der Waals surface area (Å²) in [5.74, 6) is 1.33. The molecule has 1 aromatic carbocycles. The highest BCUT2D eigenvalue weighted by Crippen LogP contribution is 2.36. The van der Waals surface area contributed by atoms with Crippen LogP contribution in [0.4, 0.5) is 4.39 Å². The van der Waals surface area contributed by atoms with Gasteiger partial charge >= 0.3 is 5.97 Å². The molecule has 1 aliphatic carbocycles. The van der Waals surface area contributed by atoms with E-state index in [0.29, 0.717) is 18.4 Å². The Bertz CT molecular complexity index is 507. The number of carboxylic acid groups (broad SMARTS) is 1. The van der Waals surface area contributed by atoms with Crippen molar-refractivity contribution in [3.63, 3.8) is 0 Å². The minimum absolute atomic E-state index is 0.0946. The molecule has 0 radical (unpaired) electrons. The molecule has 18 heavy (non-hydrogen) atoms. The van der Waals surface area contributed by atoms with E-state index in [1.807, 2.05) is 6.07 Å². The van der Waals surface area contributed by atoms with E-state index in [2.05, 4.69) is 5.92 Å². The lowest BCUT2D eigenvalue weighted by Gasteiger charge is -2.25. The fourth-order valence-electron chi connectivity index (χ4n) is 2.53. The van der Waals surface area contributed by atoms with Crippen LogP contribution in [-0.2, 0) is 11.2 Å². The molecule has 3 nitrogen and oxygen atoms in total. The van der Waals surface area contributed by atoms with Crippen LogP contribution in [0.5, 0.6) is 0 Å². The van der Waals surface area contributed by atoms with Gasteiger partial charge in [0.25, 0.3) is 0 Å². The van der Waals surface area contributed by atoms with Gasteiger partial charge in [-0.1, -0.05) is 18.1 Å². The second kappa shape index (κ2) is 5.19. The van der Waals surface area contributed by atoms with Gasteiger partial charge in [0, 0.05) is 6.04 Å². The number of nitrogens with zero attached hydrogens (tertiary/aromatic N) is 1. The van der Waals surface area contributed by atoms with Crippen molar-refractivity contribution in [3.05, 3.63) is 35.1 Å². The fraction of sp³-hybridized carbons (Fsp3) is 0.357. The molecule has 1 aliphatic rings. The number of benzene rings is 1. The molecular formula is C14H14FNO2. The Morgan fingerprint density at radius 3 is 3.06 bits per heavy atom. The number of carboxylic acids is 1. The molecule has 0 fully saturated rings. The van der Waals surface area contributed by atoms with Crippen molar-refractivity contribution < 1.29 is 14.3 Å². The SMILES string of the molecule is C#CCN(CC(=O)O)C1CCc2c(F)cccc21. The van der Waals surface area contributed by atoms with Crippen LogP contribution in [0.25, 0.3) is 0 Å². The summed E-state index contributed by atoms with van der Waals surface area (Å²) < 4.78 is 13.6. The van der Waals surface area contributed by atoms with Gasteiger partial charge in [0.15, 0.2) is 0 Å². The van der Waals surface area contributed by atoms with Gasteiger partial charge in [-0.15, -0.1) is 6.42 Å². The van der Waals surface area contributed by atoms with Gasteiger partial charge in [0.2, 0.25) is 0 Å². The number of fused-ring (bicyclic) bond motifs is 1. The zero-order valence-electron chi connectivity index (χ0n) is 9.90. The van der Waals surface area contributed by atoms with Gasteiger partial charge in [-0.25, -0.2) is 4.39 Å². The van der Waals surface area contributed by atoms with Gasteiger partial charge in [-0.3, -0.25) is 9.69 Å². The highest BCUT2D eigenvalue weighted by molar-refractivity contribution is 5.69. The summed E-state index contributed by atoms with van der Waals surface area (Å²) in [7, 11) is 0. The number of carbonyl (C=O) groups is 1. The van der Waals surface area contributed by atoms with Crippen LogP contribution >= 0.6 is 0 Å². The molecule has 0 saturated carbocycles. The number of hydrogen-bond donors (Lipinski definition) is 1. The predicted octanol–water partition coefficient (Wildman–Crippen LogP) is 1.83. The molecule has 1 N–H and O–H groups in total. The Kier molecular flexibility index (Phi) is 3.63. The summed E-state index contributed by atoms with van der Waals surface area (Å²) in [5.41, 5.74) is 1.56. The van der Waals surface area contributed by atoms with Gasteiger partial charge < -0.3 is 5.11 Å². The van der Waals surface area contributed by atoms with Crippen LogP contribution in [0.1, 0.15) is 23.6 Å². The van der Waals surface area contributed by atoms with Crippen LogP contribution in [0.15, 0.2) is 18.2 Å². The van der Waals surface area contributed by atoms with Crippen molar-refractivity contribution in [2.24, 2.45) is 0 Å². The Morgan fingerprint density at radius 2 is 2.39 bits per heavy atom. The van der Waals surface area contributed by atoms with E-state index in [0.717, 1.165) is 5.56 Å². The fourth-order valence-corrected chi connectivity index (χ4v) is 2.53. The molecule has 1 aromatic rings. The first-order chi connectivity index (χ1) is 8.63. The van der Waals surface area contributed by atoms with Gasteiger partial charge in [-0.2, -0.15) is 0 Å². The zero-order chi connectivity index (χ0) is 13.1. The molecule has 0 aliphatic heterocycles. The third-order valence-corrected chi connectivity index (χ3v) is 3.26. The van der Waals surface area contributed by atoms with E-state index in [9.17, 15) is 9.18 Å². The topological polar surface area (TPSA) is 40.5 Å². The third-order valence-electron chi connectivity index (χ3n) is 3.26. The molecule has 1 atom stereocenters. The maximum atomic E-state index is 13.6. The van der Waals surface area contributed by atoms with Crippen LogP contribution in [0, 0.1) is 18.2 Å². The summed E-state index contributed by atoms with van der Waals surface area (Å²) in [5, 5.41) is 8.89. The minimum Gasteiger partial charge on any atom is -0.480 e. The molecule has 0 saturated heterocycles. The normalized spacial score (nSPS) is 17.5. The first-order valence-electron chi connectivity index (χ1n) is 5.80. The molecule has 4 heteroatoms. The molecule has 0 heterocycles. The lowest BCUT2D eigenvalue weighted by Crippen LogP contribution is -2.33. The number of hydrogen-bond acceptors (Lipinski definition) is 2. The molecule has 0 spiro atoms. The number of rotatable bonds is 4. The molecule has 0 aromatic heterocycles. The van der Waals surface area contributed by atoms with Crippen LogP contribution in [0.3, 0.4) is 0 Å². The van der Waals surface area contributed by atoms with Gasteiger partial charge in [0.1, 0.15) is 5.82 Å². The lowest BCUT2D eigenvalue weighted by molar-refractivity contribution is -0.138. The van der Waals surface area contributed by atoms with E-state index in [1.165, 1.54) is 6.07 Å². The quantitative estimate of drug-likeness (QED) is 0.825. The Labute approximate surface area is 105 Å². The van der Waals surface area contributed by atoms with E-state index in [4.69, 9.17) is 11.5 Å². The van der Waals surface area contributed by atoms with Crippen LogP contribution < -0.4 is 0 Å². The molecule has 0 bridgehead atoms. The highest BCUT2D eigenvalue weighted by Gasteiger charge is 2.30. The van der Waals surface area contributed by atoms with Crippen molar-refractivity contribution in [2.45, 2.75) is 18.9 Å². The predicted molar refractivity (Wildman–Crippen MR) is 65.5 cm³/mol. The monoisotopic (exact) mass is 247 g/mol. The second-order valence-electron chi connectivity index (χ2n) is 4.36. The van der Waals surface area contributed by atoms with Gasteiger partial charge in [0.05, 0.1) is 13.1 Å². The zero-order valence-corrected chi connectivity index (χ0v) is 9.90. The summed E-state index contributed by atoms with van der Waals surface area (Å²) in [6.07, 6.45) is 6.61. The molecule has 2 rings (SSSR count). The average Bonchev–Trinajstić information content (AvgIpc) is 2.73. The largest absolute Gasteiger partial charge is 0.480 e. The van der Waals surface area contributed by atoms with Crippen molar-refractivity contribution in [2.75, 3.05) is 13.1 Å². The Hall–Kier alpha value is -1.86. The number of halogens is 1. The molecular weight excluding hydrogens is 233 g/mol. The second-order valence-corrected chi connectivity index (χ2v) is 4.36. The Balaban J connectivity index is 2.28. The van der Waals surface area contributed by atoms with Crippen molar-refractivity contribution >= 4 is 5.97 Å². The van der Waals surface area contributed by atoms with E-state index in [-0.39, 0.29) is 24.9 Å². The Morgan fingerprint density at radius 1 is 1.61 bits per heavy atom. The van der Waals surface area contributed by atoms with Gasteiger partial charge in [-0.05, 0) is 30.0 Å². The molecule has 0 amide bonds. The van der Waals surface area contributed by atoms with Crippen molar-refractivity contribution in [1.29, 1.82) is 0 Å². The van der Waals surface area contributed by atoms with Crippen LogP contribution in [0.2, 0.25) is 0 Å². The first-order valence-corrected chi connectivity index (χ1v) is 5.80. The van der Waals surface area contributed by atoms with E-state index in [1.54, 1.807) is 11.0 Å². The first kappa shape index (κ1) is 12.6. The smallest absolute Gasteiger partial charge is 0.317 e. The summed E-state index contributed by atoms with van der Waals surface area (Å²) >= 11 is 0. The number of terminal acetylenes is 1. The maximum Gasteiger partial charge on any atom is 0.317 e. The summed E-state index contributed by atoms with van der Waals surface area (Å²) in [4.78, 5) is 12.5. The average molecular weight is 247 g/mol. The third kappa shape index (κ3) is 2.36. The molecule has 94 valence electrons. The summed E-state index contributed by atoms with van der Waals surface area (Å²) in [6.45, 7) is 0.137. The highest BCUT2D eigenvalue weighted by atomic mass is 19.1. The van der Waals surface area contributed by atoms with E-state index >= 15 is 0 Å². The minimum atomic E-state index is -0.921. The lowest BCUT2D eigenvalue weighted by atomic mass is 10.1. The number of aliphatic carboxylic acids is 1. The van der Waals surface area contributed by atoms with E-state index < -0.39 is 5.97 Å². The summed E-state index contributed by atoms with van der Waals surface area (Å²) in [6, 6.07) is 4.84. The molecule has 1 unspecified atom stereocenters. The van der Waals surface area contributed by atoms with Crippen molar-refractivity contribution in [1.82, 2.24) is 4.90 Å². The maximum absolute atomic E-state index is 13.6. The van der Waals surface area contributed by atoms with Crippen molar-refractivity contribution in [3.8, 4) is 12.3 Å². The van der Waals surface area contributed by atoms with Crippen LogP contribution in [-0.4, -0.2) is 29.1 Å².